The highest BCUT2D eigenvalue weighted by molar-refractivity contribution is 5.97. The summed E-state index contributed by atoms with van der Waals surface area (Å²) in [5, 5.41) is 8.30. The molecule has 0 bridgehead atoms. The van der Waals surface area contributed by atoms with Crippen LogP contribution < -0.4 is 10.1 Å². The first-order valence-electron chi connectivity index (χ1n) is 11.5. The molecule has 1 atom stereocenters. The van der Waals surface area contributed by atoms with E-state index in [4.69, 9.17) is 14.6 Å². The van der Waals surface area contributed by atoms with E-state index in [1.54, 1.807) is 4.68 Å². The second-order valence-corrected chi connectivity index (χ2v) is 9.22. The first-order valence-corrected chi connectivity index (χ1v) is 11.5. The number of carbonyl (C=O) groups is 1. The summed E-state index contributed by atoms with van der Waals surface area (Å²) in [6.45, 7) is 7.11. The van der Waals surface area contributed by atoms with Crippen LogP contribution in [-0.2, 0) is 10.3 Å². The molecule has 1 N–H and O–H groups in total. The largest absolute Gasteiger partial charge is 0.440 e. The number of fused-ring (bicyclic) bond motifs is 6. The quantitative estimate of drug-likeness (QED) is 0.396. The van der Waals surface area contributed by atoms with Gasteiger partial charge in [0.1, 0.15) is 5.75 Å². The minimum absolute atomic E-state index is 0.344. The Hall–Kier alpha value is -4.06. The molecule has 0 radical (unpaired) electrons. The monoisotopic (exact) mass is 451 g/mol. The molecule has 6 rings (SSSR count). The Bertz CT molecular complexity index is 1420. The van der Waals surface area contributed by atoms with Crippen molar-refractivity contribution in [1.29, 1.82) is 0 Å². The van der Waals surface area contributed by atoms with Crippen LogP contribution in [0.25, 0.3) is 5.69 Å². The maximum atomic E-state index is 13.1. The first kappa shape index (κ1) is 20.5. The number of aryl methyl sites for hydroxylation is 1. The van der Waals surface area contributed by atoms with Crippen LogP contribution in [0.2, 0.25) is 0 Å². The average Bonchev–Trinajstić information content (AvgIpc) is 3.33. The number of benzene rings is 3. The Morgan fingerprint density at radius 3 is 2.56 bits per heavy atom. The summed E-state index contributed by atoms with van der Waals surface area (Å²) < 4.78 is 14.6. The maximum Gasteiger partial charge on any atom is 0.340 e. The van der Waals surface area contributed by atoms with E-state index >= 15 is 0 Å². The van der Waals surface area contributed by atoms with Crippen molar-refractivity contribution in [3.8, 4) is 17.3 Å². The molecule has 1 unspecified atom stereocenters. The number of anilines is 1. The summed E-state index contributed by atoms with van der Waals surface area (Å²) in [7, 11) is 0. The van der Waals surface area contributed by atoms with Crippen molar-refractivity contribution >= 4 is 11.7 Å². The molecular weight excluding hydrogens is 426 g/mol. The summed E-state index contributed by atoms with van der Waals surface area (Å²) >= 11 is 0. The second kappa shape index (κ2) is 7.48. The molecule has 34 heavy (non-hydrogen) atoms. The van der Waals surface area contributed by atoms with Crippen LogP contribution in [-0.4, -0.2) is 22.3 Å². The molecule has 4 aromatic rings. The fraction of sp³-hybridized carbons (Fsp3) is 0.214. The van der Waals surface area contributed by atoms with Gasteiger partial charge in [0, 0.05) is 29.4 Å². The highest BCUT2D eigenvalue weighted by Crippen LogP contribution is 2.57. The predicted molar refractivity (Wildman–Crippen MR) is 130 cm³/mol. The molecule has 1 spiro atoms. The SMILES string of the molecule is Cc1nn(-c2ccccc2)c2c1C1(OC(=O)c3ccccc31)c1ccc(NCC(C)C)cc1O2. The minimum atomic E-state index is -1.12. The summed E-state index contributed by atoms with van der Waals surface area (Å²) in [6.07, 6.45) is 0. The molecule has 1 aromatic heterocycles. The van der Waals surface area contributed by atoms with Crippen molar-refractivity contribution in [2.24, 2.45) is 5.92 Å². The van der Waals surface area contributed by atoms with Gasteiger partial charge in [-0.25, -0.2) is 9.48 Å². The van der Waals surface area contributed by atoms with Gasteiger partial charge in [0.15, 0.2) is 5.60 Å². The molecule has 0 amide bonds. The third-order valence-corrected chi connectivity index (χ3v) is 6.42. The first-order chi connectivity index (χ1) is 16.5. The van der Waals surface area contributed by atoms with Crippen molar-refractivity contribution < 1.29 is 14.3 Å². The van der Waals surface area contributed by atoms with Gasteiger partial charge in [0.25, 0.3) is 0 Å². The fourth-order valence-electron chi connectivity index (χ4n) is 4.92. The molecule has 3 heterocycles. The molecule has 6 nitrogen and oxygen atoms in total. The highest BCUT2D eigenvalue weighted by atomic mass is 16.6. The van der Waals surface area contributed by atoms with Crippen molar-refractivity contribution in [3.05, 3.63) is 101 Å². The third-order valence-electron chi connectivity index (χ3n) is 6.42. The lowest BCUT2D eigenvalue weighted by molar-refractivity contribution is 0.0221. The number of ether oxygens (including phenoxy) is 2. The molecule has 2 aliphatic heterocycles. The van der Waals surface area contributed by atoms with E-state index < -0.39 is 5.60 Å². The molecule has 0 aliphatic carbocycles. The molecule has 0 fully saturated rings. The molecule has 6 heteroatoms. The van der Waals surface area contributed by atoms with Crippen molar-refractivity contribution in [2.75, 3.05) is 11.9 Å². The minimum Gasteiger partial charge on any atom is -0.440 e. The fourth-order valence-corrected chi connectivity index (χ4v) is 4.92. The maximum absolute atomic E-state index is 13.1. The summed E-state index contributed by atoms with van der Waals surface area (Å²) in [5.74, 6) is 1.35. The van der Waals surface area contributed by atoms with Crippen LogP contribution >= 0.6 is 0 Å². The normalized spacial score (nSPS) is 17.7. The smallest absolute Gasteiger partial charge is 0.340 e. The van der Waals surface area contributed by atoms with Crippen LogP contribution in [0.4, 0.5) is 5.69 Å². The van der Waals surface area contributed by atoms with Crippen LogP contribution in [0.5, 0.6) is 11.6 Å². The molecule has 2 aliphatic rings. The lowest BCUT2D eigenvalue weighted by atomic mass is 9.78. The Morgan fingerprint density at radius 2 is 1.76 bits per heavy atom. The van der Waals surface area contributed by atoms with Crippen molar-refractivity contribution in [1.82, 2.24) is 9.78 Å². The molecule has 170 valence electrons. The van der Waals surface area contributed by atoms with E-state index in [9.17, 15) is 4.79 Å². The van der Waals surface area contributed by atoms with Crippen LogP contribution in [0.3, 0.4) is 0 Å². The number of hydrogen-bond donors (Lipinski definition) is 1. The van der Waals surface area contributed by atoms with Gasteiger partial charge in [-0.05, 0) is 43.2 Å². The molecule has 0 saturated carbocycles. The highest BCUT2D eigenvalue weighted by Gasteiger charge is 2.56. The topological polar surface area (TPSA) is 65.4 Å². The zero-order valence-electron chi connectivity index (χ0n) is 19.3. The number of nitrogens with one attached hydrogen (secondary N) is 1. The number of carbonyl (C=O) groups excluding carboxylic acids is 1. The van der Waals surface area contributed by atoms with Gasteiger partial charge in [0.2, 0.25) is 5.88 Å². The lowest BCUT2D eigenvalue weighted by Crippen LogP contribution is -2.33. The van der Waals surface area contributed by atoms with Crippen molar-refractivity contribution in [2.45, 2.75) is 26.4 Å². The summed E-state index contributed by atoms with van der Waals surface area (Å²) in [5.41, 5.74) is 4.37. The van der Waals surface area contributed by atoms with E-state index in [0.717, 1.165) is 40.3 Å². The van der Waals surface area contributed by atoms with Crippen LogP contribution in [0.1, 0.15) is 46.6 Å². The van der Waals surface area contributed by atoms with Crippen LogP contribution in [0.15, 0.2) is 72.8 Å². The number of esters is 1. The number of hydrogen-bond acceptors (Lipinski definition) is 5. The molecule has 3 aromatic carbocycles. The summed E-state index contributed by atoms with van der Waals surface area (Å²) in [6, 6.07) is 23.4. The van der Waals surface area contributed by atoms with Gasteiger partial charge >= 0.3 is 5.97 Å². The van der Waals surface area contributed by atoms with E-state index in [1.165, 1.54) is 0 Å². The molecule has 0 saturated heterocycles. The Labute approximate surface area is 198 Å². The average molecular weight is 452 g/mol. The standard InChI is InChI=1S/C28H25N3O3/c1-17(2)16-29-19-13-14-23-24(15-19)33-26-25(18(3)30-31(26)20-9-5-4-6-10-20)28(23)22-12-8-7-11-21(22)27(32)34-28/h4-15,17,29H,16H2,1-3H3. The van der Waals surface area contributed by atoms with E-state index in [2.05, 4.69) is 19.2 Å². The van der Waals surface area contributed by atoms with Gasteiger partial charge in [-0.15, -0.1) is 0 Å². The zero-order chi connectivity index (χ0) is 23.4. The zero-order valence-corrected chi connectivity index (χ0v) is 19.3. The van der Waals surface area contributed by atoms with Gasteiger partial charge in [-0.3, -0.25) is 0 Å². The van der Waals surface area contributed by atoms with Gasteiger partial charge in [-0.1, -0.05) is 50.2 Å². The third kappa shape index (κ3) is 2.88. The summed E-state index contributed by atoms with van der Waals surface area (Å²) in [4.78, 5) is 13.1. The Kier molecular flexibility index (Phi) is 4.52. The number of para-hydroxylation sites is 1. The van der Waals surface area contributed by atoms with E-state index in [1.807, 2.05) is 79.7 Å². The van der Waals surface area contributed by atoms with E-state index in [-0.39, 0.29) is 5.97 Å². The Balaban J connectivity index is 1.62. The number of aromatic nitrogens is 2. The predicted octanol–water partition coefficient (Wildman–Crippen LogP) is 5.82. The lowest BCUT2D eigenvalue weighted by Gasteiger charge is -2.35. The number of rotatable bonds is 4. The second-order valence-electron chi connectivity index (χ2n) is 9.22. The van der Waals surface area contributed by atoms with E-state index in [0.29, 0.717) is 23.1 Å². The Morgan fingerprint density at radius 1 is 1.00 bits per heavy atom. The van der Waals surface area contributed by atoms with Crippen molar-refractivity contribution in [3.63, 3.8) is 0 Å². The van der Waals surface area contributed by atoms with Crippen LogP contribution in [0, 0.1) is 12.8 Å². The van der Waals surface area contributed by atoms with Gasteiger partial charge in [-0.2, -0.15) is 5.10 Å². The van der Waals surface area contributed by atoms with Gasteiger partial charge < -0.3 is 14.8 Å². The molecular formula is C28H25N3O3. The van der Waals surface area contributed by atoms with Gasteiger partial charge in [0.05, 0.1) is 22.5 Å². The number of nitrogens with zero attached hydrogens (tertiary/aromatic N) is 2.